The molecule has 0 spiro atoms. The van der Waals surface area contributed by atoms with E-state index in [-0.39, 0.29) is 17.5 Å². The Balaban J connectivity index is 1.76. The molecule has 0 aromatic carbocycles. The first-order valence-corrected chi connectivity index (χ1v) is 9.38. The van der Waals surface area contributed by atoms with E-state index in [1.807, 2.05) is 13.8 Å². The highest BCUT2D eigenvalue weighted by Gasteiger charge is 2.45. The van der Waals surface area contributed by atoms with Crippen molar-refractivity contribution in [3.05, 3.63) is 16.1 Å². The predicted molar refractivity (Wildman–Crippen MR) is 92.1 cm³/mol. The monoisotopic (exact) mass is 337 g/mol. The molecule has 2 fully saturated rings. The molecule has 0 radical (unpaired) electrons. The first kappa shape index (κ1) is 16.9. The third-order valence-corrected chi connectivity index (χ3v) is 6.37. The van der Waals surface area contributed by atoms with Crippen molar-refractivity contribution in [2.75, 3.05) is 26.3 Å². The second kappa shape index (κ2) is 6.87. The van der Waals surface area contributed by atoms with Crippen molar-refractivity contribution >= 4 is 17.4 Å². The molecule has 1 unspecified atom stereocenters. The van der Waals surface area contributed by atoms with E-state index in [1.165, 1.54) is 24.4 Å². The third kappa shape index (κ3) is 3.16. The largest absolute Gasteiger partial charge is 0.379 e. The lowest BCUT2D eigenvalue weighted by molar-refractivity contribution is -0.0323. The molecule has 2 aliphatic rings. The summed E-state index contributed by atoms with van der Waals surface area (Å²) in [5, 5.41) is 3.29. The van der Waals surface area contributed by atoms with E-state index < -0.39 is 0 Å². The number of nitrogens with zero attached hydrogens (tertiary/aromatic N) is 2. The van der Waals surface area contributed by atoms with Gasteiger partial charge >= 0.3 is 0 Å². The van der Waals surface area contributed by atoms with Crippen LogP contribution in [0.3, 0.4) is 0 Å². The van der Waals surface area contributed by atoms with Gasteiger partial charge in [-0.3, -0.25) is 9.69 Å². The summed E-state index contributed by atoms with van der Waals surface area (Å²) in [4.78, 5) is 16.3. The third-order valence-electron chi connectivity index (χ3n) is 5.52. The average Bonchev–Trinajstić information content (AvgIpc) is 3.16. The highest BCUT2D eigenvalue weighted by Crippen LogP contribution is 2.38. The maximum absolute atomic E-state index is 12.8. The predicted octanol–water partition coefficient (Wildman–Crippen LogP) is 2.52. The molecule has 23 heavy (non-hydrogen) atoms. The van der Waals surface area contributed by atoms with Gasteiger partial charge in [-0.1, -0.05) is 12.8 Å². The van der Waals surface area contributed by atoms with Gasteiger partial charge in [0.15, 0.2) is 0 Å². The highest BCUT2D eigenvalue weighted by molar-refractivity contribution is 7.06. The minimum Gasteiger partial charge on any atom is -0.379 e. The van der Waals surface area contributed by atoms with Crippen molar-refractivity contribution in [1.82, 2.24) is 14.6 Å². The van der Waals surface area contributed by atoms with Crippen molar-refractivity contribution in [3.8, 4) is 0 Å². The molecule has 1 saturated heterocycles. The molecule has 1 atom stereocenters. The number of rotatable bonds is 4. The van der Waals surface area contributed by atoms with Crippen LogP contribution in [0.1, 0.15) is 53.5 Å². The molecule has 6 heteroatoms. The van der Waals surface area contributed by atoms with E-state index in [0.717, 1.165) is 55.3 Å². The minimum absolute atomic E-state index is 0.0285. The summed E-state index contributed by atoms with van der Waals surface area (Å²) in [5.74, 6) is 0.0285. The summed E-state index contributed by atoms with van der Waals surface area (Å²) in [6.45, 7) is 9.60. The fraction of sp³-hybridized carbons (Fsp3) is 0.765. The highest BCUT2D eigenvalue weighted by atomic mass is 32.1. The van der Waals surface area contributed by atoms with Crippen molar-refractivity contribution < 1.29 is 9.53 Å². The van der Waals surface area contributed by atoms with Crippen LogP contribution in [0.5, 0.6) is 0 Å². The van der Waals surface area contributed by atoms with Gasteiger partial charge in [-0.05, 0) is 45.1 Å². The van der Waals surface area contributed by atoms with Gasteiger partial charge in [0.25, 0.3) is 5.91 Å². The quantitative estimate of drug-likeness (QED) is 0.917. The van der Waals surface area contributed by atoms with Gasteiger partial charge in [-0.15, -0.1) is 0 Å². The Morgan fingerprint density at radius 2 is 1.96 bits per heavy atom. The van der Waals surface area contributed by atoms with E-state index in [0.29, 0.717) is 0 Å². The van der Waals surface area contributed by atoms with E-state index >= 15 is 0 Å². The number of aromatic nitrogens is 1. The number of hydrogen-bond donors (Lipinski definition) is 1. The summed E-state index contributed by atoms with van der Waals surface area (Å²) in [7, 11) is 0. The standard InChI is InChI=1S/C17H27N3O2S/c1-12-15(13(2)23-19-12)16(21)18-14(3)17(6-4-5-7-17)20-8-10-22-11-9-20/h14H,4-11H2,1-3H3,(H,18,21). The molecule has 3 rings (SSSR count). The van der Waals surface area contributed by atoms with Crippen LogP contribution in [0.4, 0.5) is 0 Å². The SMILES string of the molecule is Cc1nsc(C)c1C(=O)NC(C)C1(N2CCOCC2)CCCC1. The number of amides is 1. The smallest absolute Gasteiger partial charge is 0.254 e. The number of carbonyl (C=O) groups excluding carboxylic acids is 1. The lowest BCUT2D eigenvalue weighted by Crippen LogP contribution is -2.62. The number of aryl methyl sites for hydroxylation is 2. The number of carbonyl (C=O) groups is 1. The van der Waals surface area contributed by atoms with Gasteiger partial charge in [0.1, 0.15) is 0 Å². The number of ether oxygens (including phenoxy) is 1. The molecular weight excluding hydrogens is 310 g/mol. The Morgan fingerprint density at radius 1 is 1.30 bits per heavy atom. The van der Waals surface area contributed by atoms with Crippen LogP contribution < -0.4 is 5.32 Å². The Kier molecular flexibility index (Phi) is 5.04. The summed E-state index contributed by atoms with van der Waals surface area (Å²) < 4.78 is 9.82. The fourth-order valence-electron chi connectivity index (χ4n) is 4.23. The summed E-state index contributed by atoms with van der Waals surface area (Å²) in [6.07, 6.45) is 4.81. The molecule has 1 aliphatic carbocycles. The van der Waals surface area contributed by atoms with Gasteiger partial charge in [-0.2, -0.15) is 4.37 Å². The lowest BCUT2D eigenvalue weighted by Gasteiger charge is -2.47. The maximum Gasteiger partial charge on any atom is 0.254 e. The van der Waals surface area contributed by atoms with E-state index in [4.69, 9.17) is 4.74 Å². The second-order valence-electron chi connectivity index (χ2n) is 6.80. The van der Waals surface area contributed by atoms with E-state index in [9.17, 15) is 4.79 Å². The normalized spacial score (nSPS) is 22.9. The van der Waals surface area contributed by atoms with Crippen LogP contribution in [0, 0.1) is 13.8 Å². The van der Waals surface area contributed by atoms with Gasteiger partial charge in [0.2, 0.25) is 0 Å². The molecule has 1 aromatic heterocycles. The van der Waals surface area contributed by atoms with E-state index in [1.54, 1.807) is 0 Å². The molecule has 1 aliphatic heterocycles. The summed E-state index contributed by atoms with van der Waals surface area (Å²) >= 11 is 1.41. The van der Waals surface area contributed by atoms with Crippen LogP contribution in [0.15, 0.2) is 0 Å². The van der Waals surface area contributed by atoms with Crippen molar-refractivity contribution in [2.45, 2.75) is 58.0 Å². The maximum atomic E-state index is 12.8. The van der Waals surface area contributed by atoms with Crippen molar-refractivity contribution in [1.29, 1.82) is 0 Å². The Labute approximate surface area is 142 Å². The number of nitrogens with one attached hydrogen (secondary N) is 1. The van der Waals surface area contributed by atoms with Crippen LogP contribution in [-0.2, 0) is 4.74 Å². The molecule has 1 saturated carbocycles. The molecule has 0 bridgehead atoms. The van der Waals surface area contributed by atoms with Crippen LogP contribution in [0.2, 0.25) is 0 Å². The average molecular weight is 337 g/mol. The second-order valence-corrected chi connectivity index (χ2v) is 7.78. The van der Waals surface area contributed by atoms with Gasteiger partial charge in [0, 0.05) is 29.5 Å². The van der Waals surface area contributed by atoms with Crippen molar-refractivity contribution in [2.24, 2.45) is 0 Å². The van der Waals surface area contributed by atoms with Gasteiger partial charge < -0.3 is 10.1 Å². The van der Waals surface area contributed by atoms with Crippen LogP contribution in [-0.4, -0.2) is 53.1 Å². The zero-order chi connectivity index (χ0) is 16.4. The Bertz CT molecular complexity index is 541. The molecule has 2 heterocycles. The minimum atomic E-state index is 0.0285. The lowest BCUT2D eigenvalue weighted by atomic mass is 9.86. The van der Waals surface area contributed by atoms with E-state index in [2.05, 4.69) is 21.5 Å². The first-order chi connectivity index (χ1) is 11.0. The molecule has 1 amide bonds. The zero-order valence-corrected chi connectivity index (χ0v) is 15.2. The molecular formula is C17H27N3O2S. The molecule has 128 valence electrons. The topological polar surface area (TPSA) is 54.5 Å². The summed E-state index contributed by atoms with van der Waals surface area (Å²) in [5.41, 5.74) is 1.69. The molecule has 1 N–H and O–H groups in total. The number of hydrogen-bond acceptors (Lipinski definition) is 5. The number of morpholine rings is 1. The Morgan fingerprint density at radius 3 is 2.52 bits per heavy atom. The van der Waals surface area contributed by atoms with Crippen LogP contribution >= 0.6 is 11.5 Å². The molecule has 1 aromatic rings. The molecule has 5 nitrogen and oxygen atoms in total. The summed E-state index contributed by atoms with van der Waals surface area (Å²) in [6, 6.07) is 0.134. The Hall–Kier alpha value is -0.980. The van der Waals surface area contributed by atoms with Crippen molar-refractivity contribution in [3.63, 3.8) is 0 Å². The van der Waals surface area contributed by atoms with Crippen LogP contribution in [0.25, 0.3) is 0 Å². The first-order valence-electron chi connectivity index (χ1n) is 8.61. The van der Waals surface area contributed by atoms with Gasteiger partial charge in [0.05, 0.1) is 24.5 Å². The van der Waals surface area contributed by atoms with Gasteiger partial charge in [-0.25, -0.2) is 0 Å². The fourth-order valence-corrected chi connectivity index (χ4v) is 4.93. The zero-order valence-electron chi connectivity index (χ0n) is 14.4.